The molecule has 0 fully saturated rings. The molecule has 1 aromatic carbocycles. The molecular formula is C24H40N2O3. The second kappa shape index (κ2) is 17.0. The summed E-state index contributed by atoms with van der Waals surface area (Å²) in [6, 6.07) is 6.66. The normalized spacial score (nSPS) is 10.7. The highest BCUT2D eigenvalue weighted by atomic mass is 16.5. The van der Waals surface area contributed by atoms with Gasteiger partial charge in [0.25, 0.3) is 5.91 Å². The van der Waals surface area contributed by atoms with Crippen molar-refractivity contribution in [2.24, 2.45) is 5.73 Å². The number of benzene rings is 1. The summed E-state index contributed by atoms with van der Waals surface area (Å²) >= 11 is 0. The van der Waals surface area contributed by atoms with Crippen molar-refractivity contribution in [3.8, 4) is 0 Å². The van der Waals surface area contributed by atoms with Crippen LogP contribution in [-0.4, -0.2) is 31.6 Å². The van der Waals surface area contributed by atoms with Gasteiger partial charge in [0.05, 0.1) is 12.2 Å². The molecular weight excluding hydrogens is 364 g/mol. The number of esters is 1. The number of rotatable bonds is 17. The van der Waals surface area contributed by atoms with Crippen molar-refractivity contribution in [3.05, 3.63) is 35.4 Å². The van der Waals surface area contributed by atoms with Crippen LogP contribution >= 0.6 is 0 Å². The third kappa shape index (κ3) is 12.3. The molecule has 5 nitrogen and oxygen atoms in total. The van der Waals surface area contributed by atoms with Crippen LogP contribution in [0.25, 0.3) is 0 Å². The maximum Gasteiger partial charge on any atom is 0.338 e. The fraction of sp³-hybridized carbons (Fsp3) is 0.667. The Morgan fingerprint density at radius 1 is 0.793 bits per heavy atom. The van der Waals surface area contributed by atoms with Crippen LogP contribution in [-0.2, 0) is 4.74 Å². The van der Waals surface area contributed by atoms with Crippen molar-refractivity contribution in [1.29, 1.82) is 0 Å². The lowest BCUT2D eigenvalue weighted by atomic mass is 10.1. The number of nitrogens with two attached hydrogens (primary N) is 1. The Morgan fingerprint density at radius 2 is 1.31 bits per heavy atom. The quantitative estimate of drug-likeness (QED) is 0.275. The third-order valence-electron chi connectivity index (χ3n) is 5.03. The predicted molar refractivity (Wildman–Crippen MR) is 119 cm³/mol. The van der Waals surface area contributed by atoms with Crippen molar-refractivity contribution in [2.45, 2.75) is 84.0 Å². The Morgan fingerprint density at radius 3 is 1.86 bits per heavy atom. The molecule has 1 aromatic rings. The number of ether oxygens (including phenoxy) is 1. The van der Waals surface area contributed by atoms with Gasteiger partial charge >= 0.3 is 5.97 Å². The maximum atomic E-state index is 12.2. The van der Waals surface area contributed by atoms with Gasteiger partial charge < -0.3 is 15.8 Å². The summed E-state index contributed by atoms with van der Waals surface area (Å²) in [6.45, 7) is 4.00. The second-order valence-corrected chi connectivity index (χ2v) is 7.65. The number of carbonyl (C=O) groups is 2. The molecule has 0 bridgehead atoms. The molecule has 3 N–H and O–H groups in total. The number of amides is 1. The fourth-order valence-corrected chi connectivity index (χ4v) is 3.14. The first kappa shape index (κ1) is 25.2. The Labute approximate surface area is 176 Å². The second-order valence-electron chi connectivity index (χ2n) is 7.65. The smallest absolute Gasteiger partial charge is 0.338 e. The minimum atomic E-state index is -0.332. The summed E-state index contributed by atoms with van der Waals surface area (Å²) in [4.78, 5) is 24.1. The first-order valence-corrected chi connectivity index (χ1v) is 11.4. The van der Waals surface area contributed by atoms with Crippen molar-refractivity contribution in [3.63, 3.8) is 0 Å². The fourth-order valence-electron chi connectivity index (χ4n) is 3.14. The highest BCUT2D eigenvalue weighted by Gasteiger charge is 2.09. The first-order valence-electron chi connectivity index (χ1n) is 11.4. The van der Waals surface area contributed by atoms with Crippen molar-refractivity contribution >= 4 is 11.9 Å². The van der Waals surface area contributed by atoms with Crippen molar-refractivity contribution in [2.75, 3.05) is 19.7 Å². The van der Waals surface area contributed by atoms with Crippen LogP contribution in [0, 0.1) is 0 Å². The molecule has 0 spiro atoms. The van der Waals surface area contributed by atoms with Gasteiger partial charge in [-0.2, -0.15) is 0 Å². The number of hydrogen-bond donors (Lipinski definition) is 2. The zero-order valence-corrected chi connectivity index (χ0v) is 18.2. The molecule has 0 saturated heterocycles. The van der Waals surface area contributed by atoms with Gasteiger partial charge in [-0.15, -0.1) is 0 Å². The summed E-state index contributed by atoms with van der Waals surface area (Å²) in [7, 11) is 0. The number of nitrogens with one attached hydrogen (secondary N) is 1. The third-order valence-corrected chi connectivity index (χ3v) is 5.03. The van der Waals surface area contributed by atoms with Crippen LogP contribution in [0.15, 0.2) is 24.3 Å². The number of carbonyl (C=O) groups excluding carboxylic acids is 2. The lowest BCUT2D eigenvalue weighted by Gasteiger charge is -2.07. The molecule has 29 heavy (non-hydrogen) atoms. The topological polar surface area (TPSA) is 81.4 Å². The molecule has 0 aliphatic carbocycles. The van der Waals surface area contributed by atoms with E-state index in [9.17, 15) is 9.59 Å². The molecule has 0 aliphatic rings. The molecule has 0 aliphatic heterocycles. The van der Waals surface area contributed by atoms with Gasteiger partial charge in [-0.25, -0.2) is 4.79 Å². The van der Waals surface area contributed by atoms with Crippen LogP contribution in [0.4, 0.5) is 0 Å². The molecule has 0 heterocycles. The molecule has 0 unspecified atom stereocenters. The zero-order valence-electron chi connectivity index (χ0n) is 18.2. The van der Waals surface area contributed by atoms with E-state index in [1.807, 2.05) is 0 Å². The molecule has 5 heteroatoms. The van der Waals surface area contributed by atoms with Crippen molar-refractivity contribution < 1.29 is 14.3 Å². The minimum absolute atomic E-state index is 0.0895. The lowest BCUT2D eigenvalue weighted by molar-refractivity contribution is 0.0499. The van der Waals surface area contributed by atoms with E-state index in [4.69, 9.17) is 10.5 Å². The number of hydrogen-bond acceptors (Lipinski definition) is 4. The van der Waals surface area contributed by atoms with Crippen LogP contribution in [0.3, 0.4) is 0 Å². The van der Waals surface area contributed by atoms with Gasteiger partial charge in [0.15, 0.2) is 0 Å². The van der Waals surface area contributed by atoms with Gasteiger partial charge in [-0.1, -0.05) is 64.7 Å². The highest BCUT2D eigenvalue weighted by Crippen LogP contribution is 2.10. The summed E-state index contributed by atoms with van der Waals surface area (Å²) in [5, 5.41) is 2.95. The standard InChI is InChI=1S/C24H40N2O3/c1-2-3-20-29-24(28)22-16-14-21(15-17-22)23(27)26-19-13-11-9-7-5-4-6-8-10-12-18-25/h14-17H,2-13,18-20,25H2,1H3,(H,26,27). The maximum absolute atomic E-state index is 12.2. The SMILES string of the molecule is CCCCOC(=O)c1ccc(C(=O)NCCCCCCCCCCCCN)cc1. The van der Waals surface area contributed by atoms with Gasteiger partial charge in [0.1, 0.15) is 0 Å². The number of unbranched alkanes of at least 4 members (excludes halogenated alkanes) is 10. The average molecular weight is 405 g/mol. The van der Waals surface area contributed by atoms with Crippen molar-refractivity contribution in [1.82, 2.24) is 5.32 Å². The van der Waals surface area contributed by atoms with Gasteiger partial charge in [-0.05, 0) is 50.1 Å². The summed E-state index contributed by atoms with van der Waals surface area (Å²) < 4.78 is 5.17. The van der Waals surface area contributed by atoms with E-state index in [1.54, 1.807) is 24.3 Å². The molecule has 1 amide bonds. The summed E-state index contributed by atoms with van der Waals surface area (Å²) in [6.07, 6.45) is 14.2. The Bertz CT molecular complexity index is 558. The van der Waals surface area contributed by atoms with E-state index in [0.717, 1.165) is 38.6 Å². The molecule has 1 rings (SSSR count). The van der Waals surface area contributed by atoms with E-state index in [2.05, 4.69) is 12.2 Å². The minimum Gasteiger partial charge on any atom is -0.462 e. The molecule has 0 radical (unpaired) electrons. The molecule has 0 atom stereocenters. The lowest BCUT2D eigenvalue weighted by Crippen LogP contribution is -2.24. The Hall–Kier alpha value is -1.88. The Kier molecular flexibility index (Phi) is 14.8. The largest absolute Gasteiger partial charge is 0.462 e. The van der Waals surface area contributed by atoms with Gasteiger partial charge in [0.2, 0.25) is 0 Å². The van der Waals surface area contributed by atoms with Crippen LogP contribution < -0.4 is 11.1 Å². The van der Waals surface area contributed by atoms with Gasteiger partial charge in [0, 0.05) is 12.1 Å². The highest BCUT2D eigenvalue weighted by molar-refractivity contribution is 5.96. The van der Waals surface area contributed by atoms with Crippen LogP contribution in [0.2, 0.25) is 0 Å². The van der Waals surface area contributed by atoms with Gasteiger partial charge in [-0.3, -0.25) is 4.79 Å². The first-order chi connectivity index (χ1) is 14.2. The van der Waals surface area contributed by atoms with Crippen LogP contribution in [0.5, 0.6) is 0 Å². The van der Waals surface area contributed by atoms with E-state index in [1.165, 1.54) is 44.9 Å². The van der Waals surface area contributed by atoms with E-state index in [-0.39, 0.29) is 11.9 Å². The zero-order chi connectivity index (χ0) is 21.2. The predicted octanol–water partition coefficient (Wildman–Crippen LogP) is 5.23. The summed E-state index contributed by atoms with van der Waals surface area (Å²) in [5.74, 6) is -0.422. The molecule has 0 saturated carbocycles. The average Bonchev–Trinajstić information content (AvgIpc) is 2.74. The van der Waals surface area contributed by atoms with E-state index >= 15 is 0 Å². The monoisotopic (exact) mass is 404 g/mol. The van der Waals surface area contributed by atoms with E-state index in [0.29, 0.717) is 24.3 Å². The Balaban J connectivity index is 2.07. The van der Waals surface area contributed by atoms with Crippen LogP contribution in [0.1, 0.15) is 105 Å². The van der Waals surface area contributed by atoms with E-state index < -0.39 is 0 Å². The summed E-state index contributed by atoms with van der Waals surface area (Å²) in [5.41, 5.74) is 6.55. The molecule has 0 aromatic heterocycles. The molecule has 164 valence electrons.